The zero-order chi connectivity index (χ0) is 56.2. The fraction of sp³-hybridized carbons (Fsp3) is 0.930. The Bertz CT molecular complexity index is 1490. The highest BCUT2D eigenvalue weighted by Gasteiger charge is 2.30. The molecule has 0 radical (unpaired) electrons. The smallest absolute Gasteiger partial charge is 0.462 e. The van der Waals surface area contributed by atoms with Crippen LogP contribution in [0.2, 0.25) is 0 Å². The van der Waals surface area contributed by atoms with Crippen LogP contribution in [-0.2, 0) is 65.4 Å². The third-order valence-electron chi connectivity index (χ3n) is 13.2. The molecule has 19 heteroatoms. The number of rotatable bonds is 58. The van der Waals surface area contributed by atoms with E-state index < -0.39 is 97.5 Å². The number of carbonyl (C=O) groups is 4. The van der Waals surface area contributed by atoms with Gasteiger partial charge in [-0.05, 0) is 19.3 Å². The number of aliphatic hydroxyl groups is 1. The summed E-state index contributed by atoms with van der Waals surface area (Å²) >= 11 is 0. The van der Waals surface area contributed by atoms with E-state index in [9.17, 15) is 43.2 Å². The van der Waals surface area contributed by atoms with Crippen molar-refractivity contribution < 1.29 is 80.2 Å². The molecule has 5 atom stereocenters. The predicted molar refractivity (Wildman–Crippen MR) is 299 cm³/mol. The Morgan fingerprint density at radius 1 is 0.329 bits per heavy atom. The minimum atomic E-state index is -4.92. The highest BCUT2D eigenvalue weighted by atomic mass is 31.2. The number of phosphoric ester groups is 2. The molecule has 0 rings (SSSR count). The maximum Gasteiger partial charge on any atom is 0.472 e. The molecule has 450 valence electrons. The molecule has 0 fully saturated rings. The molecular weight excluding hydrogens is 1020 g/mol. The first-order valence-corrected chi connectivity index (χ1v) is 33.3. The van der Waals surface area contributed by atoms with Crippen LogP contribution in [0.5, 0.6) is 0 Å². The van der Waals surface area contributed by atoms with E-state index in [0.29, 0.717) is 19.3 Å². The first-order valence-electron chi connectivity index (χ1n) is 30.3. The SMILES string of the molecule is CCCCCCCCCCCCCCCCCC(=O)OC[C@H](COP(=O)(O)OC[C@H](O)COP(=O)(O)OC[C@@H](COC(=O)CC)OC(=O)CCCCCCCCCCCCCCCCC)OC(=O)CCCCCCCC. The van der Waals surface area contributed by atoms with Gasteiger partial charge in [0.15, 0.2) is 12.2 Å². The van der Waals surface area contributed by atoms with Crippen molar-refractivity contribution in [1.82, 2.24) is 0 Å². The number of esters is 4. The van der Waals surface area contributed by atoms with Gasteiger partial charge in [0.25, 0.3) is 0 Å². The Kier molecular flexibility index (Phi) is 51.1. The van der Waals surface area contributed by atoms with E-state index in [1.165, 1.54) is 135 Å². The second kappa shape index (κ2) is 52.4. The lowest BCUT2D eigenvalue weighted by molar-refractivity contribution is -0.161. The Labute approximate surface area is 460 Å². The molecule has 2 unspecified atom stereocenters. The Morgan fingerprint density at radius 2 is 0.566 bits per heavy atom. The van der Waals surface area contributed by atoms with E-state index in [1.807, 2.05) is 0 Å². The fourth-order valence-electron chi connectivity index (χ4n) is 8.44. The van der Waals surface area contributed by atoms with Crippen LogP contribution < -0.4 is 0 Å². The summed E-state index contributed by atoms with van der Waals surface area (Å²) in [6.07, 6.45) is 37.5. The van der Waals surface area contributed by atoms with Crippen molar-refractivity contribution in [3.63, 3.8) is 0 Å². The molecule has 0 saturated carbocycles. The monoisotopic (exact) mass is 1130 g/mol. The molecule has 0 aliphatic heterocycles. The standard InChI is InChI=1S/C57H110O17P2/c1-5-9-12-15-18-20-22-24-26-28-30-32-34-37-39-42-55(60)68-48-53(74-57(62)43-40-36-17-14-11-7-3)50-72-76(65,66)70-46-51(58)45-69-75(63,64)71-49-52(47-67-54(59)8-4)73-56(61)44-41-38-35-33-31-29-27-25-23-21-19-16-13-10-6-2/h51-53,58H,5-50H2,1-4H3,(H,63,64)(H,65,66)/t51-,52-,53-/m1/s1. The minimum Gasteiger partial charge on any atom is -0.462 e. The highest BCUT2D eigenvalue weighted by molar-refractivity contribution is 7.47. The topological polar surface area (TPSA) is 237 Å². The van der Waals surface area contributed by atoms with Crippen LogP contribution in [-0.4, -0.2) is 96.7 Å². The summed E-state index contributed by atoms with van der Waals surface area (Å²) in [5.74, 6) is -2.24. The van der Waals surface area contributed by atoms with Crippen LogP contribution >= 0.6 is 15.6 Å². The van der Waals surface area contributed by atoms with Crippen LogP contribution in [0.4, 0.5) is 0 Å². The van der Waals surface area contributed by atoms with Gasteiger partial charge in [-0.15, -0.1) is 0 Å². The third kappa shape index (κ3) is 51.5. The van der Waals surface area contributed by atoms with E-state index in [-0.39, 0.29) is 25.7 Å². The summed E-state index contributed by atoms with van der Waals surface area (Å²) in [5, 5.41) is 10.4. The predicted octanol–water partition coefficient (Wildman–Crippen LogP) is 15.2. The molecule has 0 aliphatic rings. The maximum absolute atomic E-state index is 12.8. The van der Waals surface area contributed by atoms with Gasteiger partial charge in [0.1, 0.15) is 19.3 Å². The van der Waals surface area contributed by atoms with E-state index in [4.69, 9.17) is 37.0 Å². The number of hydrogen-bond donors (Lipinski definition) is 3. The van der Waals surface area contributed by atoms with Crippen molar-refractivity contribution in [2.75, 3.05) is 39.6 Å². The maximum atomic E-state index is 12.8. The van der Waals surface area contributed by atoms with Gasteiger partial charge in [-0.1, -0.05) is 240 Å². The second-order valence-electron chi connectivity index (χ2n) is 20.6. The molecule has 0 aromatic carbocycles. The van der Waals surface area contributed by atoms with Crippen molar-refractivity contribution in [2.24, 2.45) is 0 Å². The average Bonchev–Trinajstić information content (AvgIpc) is 3.39. The number of carbonyl (C=O) groups excluding carboxylic acids is 4. The number of phosphoric acid groups is 2. The summed E-state index contributed by atoms with van der Waals surface area (Å²) in [5.41, 5.74) is 0. The van der Waals surface area contributed by atoms with Gasteiger partial charge in [-0.2, -0.15) is 0 Å². The van der Waals surface area contributed by atoms with Crippen LogP contribution in [0.15, 0.2) is 0 Å². The lowest BCUT2D eigenvalue weighted by atomic mass is 10.0. The summed E-state index contributed by atoms with van der Waals surface area (Å²) in [6.45, 7) is 4.19. The first-order chi connectivity index (χ1) is 36.7. The van der Waals surface area contributed by atoms with Gasteiger partial charge in [-0.25, -0.2) is 9.13 Å². The van der Waals surface area contributed by atoms with Crippen LogP contribution in [0.3, 0.4) is 0 Å². The van der Waals surface area contributed by atoms with Crippen molar-refractivity contribution >= 4 is 39.5 Å². The van der Waals surface area contributed by atoms with E-state index in [0.717, 1.165) is 77.0 Å². The number of unbranched alkanes of at least 4 members (excludes halogenated alkanes) is 33. The molecule has 0 aromatic heterocycles. The molecule has 0 heterocycles. The summed E-state index contributed by atoms with van der Waals surface area (Å²) in [7, 11) is -9.83. The number of aliphatic hydroxyl groups excluding tert-OH is 1. The molecule has 0 amide bonds. The van der Waals surface area contributed by atoms with Crippen LogP contribution in [0.25, 0.3) is 0 Å². The molecular formula is C57H110O17P2. The molecule has 76 heavy (non-hydrogen) atoms. The Hall–Kier alpha value is -1.94. The van der Waals surface area contributed by atoms with Crippen molar-refractivity contribution in [3.05, 3.63) is 0 Å². The zero-order valence-electron chi connectivity index (χ0n) is 48.2. The molecule has 0 saturated heterocycles. The van der Waals surface area contributed by atoms with Gasteiger partial charge in [0.05, 0.1) is 26.4 Å². The van der Waals surface area contributed by atoms with Gasteiger partial charge in [0.2, 0.25) is 0 Å². The molecule has 0 aromatic rings. The van der Waals surface area contributed by atoms with Gasteiger partial charge in [-0.3, -0.25) is 37.3 Å². The van der Waals surface area contributed by atoms with Crippen molar-refractivity contribution in [2.45, 2.75) is 303 Å². The normalized spacial score (nSPS) is 14.4. The van der Waals surface area contributed by atoms with Gasteiger partial charge >= 0.3 is 39.5 Å². The fourth-order valence-corrected chi connectivity index (χ4v) is 10.0. The highest BCUT2D eigenvalue weighted by Crippen LogP contribution is 2.45. The summed E-state index contributed by atoms with van der Waals surface area (Å²) in [6, 6.07) is 0. The van der Waals surface area contributed by atoms with Crippen LogP contribution in [0, 0.1) is 0 Å². The zero-order valence-corrected chi connectivity index (χ0v) is 50.0. The molecule has 17 nitrogen and oxygen atoms in total. The average molecular weight is 1130 g/mol. The third-order valence-corrected chi connectivity index (χ3v) is 15.1. The molecule has 0 aliphatic carbocycles. The largest absolute Gasteiger partial charge is 0.472 e. The molecule has 0 spiro atoms. The summed E-state index contributed by atoms with van der Waals surface area (Å²) in [4.78, 5) is 70.5. The van der Waals surface area contributed by atoms with E-state index in [1.54, 1.807) is 6.92 Å². The second-order valence-corrected chi connectivity index (χ2v) is 23.5. The lowest BCUT2D eigenvalue weighted by Crippen LogP contribution is -2.30. The van der Waals surface area contributed by atoms with Crippen molar-refractivity contribution in [3.8, 4) is 0 Å². The van der Waals surface area contributed by atoms with E-state index in [2.05, 4.69) is 20.8 Å². The van der Waals surface area contributed by atoms with Crippen molar-refractivity contribution in [1.29, 1.82) is 0 Å². The lowest BCUT2D eigenvalue weighted by Gasteiger charge is -2.21. The molecule has 3 N–H and O–H groups in total. The van der Waals surface area contributed by atoms with Gasteiger partial charge < -0.3 is 33.8 Å². The van der Waals surface area contributed by atoms with Gasteiger partial charge in [0, 0.05) is 25.7 Å². The minimum absolute atomic E-state index is 0.0520. The Morgan fingerprint density at radius 3 is 0.842 bits per heavy atom. The number of ether oxygens (including phenoxy) is 4. The van der Waals surface area contributed by atoms with Crippen LogP contribution in [0.1, 0.15) is 285 Å². The number of hydrogen-bond acceptors (Lipinski definition) is 15. The Balaban J connectivity index is 4.82. The first kappa shape index (κ1) is 74.1. The van der Waals surface area contributed by atoms with E-state index >= 15 is 0 Å². The quantitative estimate of drug-likeness (QED) is 0.0222. The molecule has 0 bridgehead atoms. The summed E-state index contributed by atoms with van der Waals surface area (Å²) < 4.78 is 66.7.